The van der Waals surface area contributed by atoms with Gasteiger partial charge >= 0.3 is 6.03 Å². The van der Waals surface area contributed by atoms with Crippen molar-refractivity contribution in [1.29, 1.82) is 0 Å². The number of urea groups is 1. The van der Waals surface area contributed by atoms with Gasteiger partial charge in [-0.3, -0.25) is 15.1 Å². The van der Waals surface area contributed by atoms with E-state index in [0.29, 0.717) is 36.0 Å². The number of aromatic nitrogens is 4. The van der Waals surface area contributed by atoms with Crippen LogP contribution in [0.5, 0.6) is 5.75 Å². The Kier molecular flexibility index (Phi) is 6.43. The normalized spacial score (nSPS) is 11.3. The number of H-pyrrole nitrogens is 1. The molecule has 0 aliphatic rings. The lowest BCUT2D eigenvalue weighted by atomic mass is 9.92. The topological polar surface area (TPSA) is 114 Å². The van der Waals surface area contributed by atoms with Crippen LogP contribution in [0.2, 0.25) is 0 Å². The van der Waals surface area contributed by atoms with Gasteiger partial charge in [0.15, 0.2) is 0 Å². The van der Waals surface area contributed by atoms with Gasteiger partial charge in [-0.2, -0.15) is 9.78 Å². The lowest BCUT2D eigenvalue weighted by Crippen LogP contribution is -2.23. The molecule has 0 bridgehead atoms. The SMILES string of the molecule is CCOc1ccccc1NC(=O)Nc1cc(C(C)(C)C)nn1-c1nc(CC)cc(=O)[nH]1. The number of aromatic amines is 1. The fraction of sp³-hybridized carbons (Fsp3) is 0.364. The van der Waals surface area contributed by atoms with Crippen molar-refractivity contribution < 1.29 is 9.53 Å². The fourth-order valence-corrected chi connectivity index (χ4v) is 2.89. The molecule has 3 N–H and O–H groups in total. The van der Waals surface area contributed by atoms with Crippen molar-refractivity contribution in [2.24, 2.45) is 0 Å². The molecule has 31 heavy (non-hydrogen) atoms. The smallest absolute Gasteiger partial charge is 0.324 e. The summed E-state index contributed by atoms with van der Waals surface area (Å²) in [6, 6.07) is 9.93. The molecule has 0 aliphatic heterocycles. The van der Waals surface area contributed by atoms with E-state index in [1.54, 1.807) is 18.2 Å². The number of hydrogen-bond acceptors (Lipinski definition) is 5. The van der Waals surface area contributed by atoms with E-state index in [1.807, 2.05) is 46.8 Å². The second-order valence-corrected chi connectivity index (χ2v) is 8.00. The Bertz CT molecular complexity index is 1130. The summed E-state index contributed by atoms with van der Waals surface area (Å²) in [5, 5.41) is 10.2. The second kappa shape index (κ2) is 9.03. The number of anilines is 2. The zero-order valence-corrected chi connectivity index (χ0v) is 18.4. The van der Waals surface area contributed by atoms with Crippen LogP contribution in [-0.2, 0) is 11.8 Å². The number of carbonyl (C=O) groups is 1. The third-order valence-electron chi connectivity index (χ3n) is 4.50. The molecule has 9 heteroatoms. The van der Waals surface area contributed by atoms with Gasteiger partial charge in [0.25, 0.3) is 5.56 Å². The van der Waals surface area contributed by atoms with Crippen molar-refractivity contribution in [3.05, 3.63) is 58.1 Å². The van der Waals surface area contributed by atoms with E-state index in [2.05, 4.69) is 25.7 Å². The number of hydrogen-bond donors (Lipinski definition) is 3. The van der Waals surface area contributed by atoms with Crippen molar-refractivity contribution in [2.45, 2.75) is 46.5 Å². The molecule has 2 aromatic heterocycles. The quantitative estimate of drug-likeness (QED) is 0.556. The van der Waals surface area contributed by atoms with Crippen LogP contribution in [0.25, 0.3) is 5.95 Å². The summed E-state index contributed by atoms with van der Waals surface area (Å²) < 4.78 is 7.00. The van der Waals surface area contributed by atoms with E-state index in [0.717, 1.165) is 5.69 Å². The van der Waals surface area contributed by atoms with Crippen molar-refractivity contribution in [3.8, 4) is 11.7 Å². The van der Waals surface area contributed by atoms with Crippen LogP contribution in [-0.4, -0.2) is 32.4 Å². The standard InChI is InChI=1S/C22H28N6O3/c1-6-14-12-19(29)26-20(23-14)28-18(13-17(27-28)22(3,4)5)25-21(30)24-15-10-8-9-11-16(15)31-7-2/h8-13H,6-7H2,1-5H3,(H,23,26,29)(H2,24,25,30). The van der Waals surface area contributed by atoms with Gasteiger partial charge in [-0.25, -0.2) is 9.78 Å². The average Bonchev–Trinajstić information content (AvgIpc) is 3.13. The lowest BCUT2D eigenvalue weighted by Gasteiger charge is -2.13. The Morgan fingerprint density at radius 3 is 2.58 bits per heavy atom. The molecule has 0 saturated carbocycles. The predicted octanol–water partition coefficient (Wildman–Crippen LogP) is 3.86. The van der Waals surface area contributed by atoms with Crippen molar-refractivity contribution >= 4 is 17.5 Å². The molecular weight excluding hydrogens is 396 g/mol. The van der Waals surface area contributed by atoms with Crippen molar-refractivity contribution in [3.63, 3.8) is 0 Å². The summed E-state index contributed by atoms with van der Waals surface area (Å²) in [6.07, 6.45) is 0.599. The summed E-state index contributed by atoms with van der Waals surface area (Å²) in [4.78, 5) is 32.0. The van der Waals surface area contributed by atoms with Gasteiger partial charge in [-0.05, 0) is 25.5 Å². The highest BCUT2D eigenvalue weighted by Crippen LogP contribution is 2.27. The molecule has 0 atom stereocenters. The molecule has 0 fully saturated rings. The van der Waals surface area contributed by atoms with Gasteiger partial charge in [0.1, 0.15) is 11.6 Å². The molecule has 0 aliphatic carbocycles. The number of para-hydroxylation sites is 2. The molecule has 1 aromatic carbocycles. The van der Waals surface area contributed by atoms with Gasteiger partial charge in [0.05, 0.1) is 18.0 Å². The number of nitrogens with one attached hydrogen (secondary N) is 3. The number of carbonyl (C=O) groups excluding carboxylic acids is 1. The van der Waals surface area contributed by atoms with E-state index in [4.69, 9.17) is 4.74 Å². The van der Waals surface area contributed by atoms with Gasteiger partial charge < -0.3 is 10.1 Å². The zero-order chi connectivity index (χ0) is 22.6. The monoisotopic (exact) mass is 424 g/mol. The number of benzene rings is 1. The van der Waals surface area contributed by atoms with Crippen LogP contribution in [0.3, 0.4) is 0 Å². The van der Waals surface area contributed by atoms with Crippen LogP contribution < -0.4 is 20.9 Å². The fourth-order valence-electron chi connectivity index (χ4n) is 2.89. The summed E-state index contributed by atoms with van der Waals surface area (Å²) in [6.45, 7) is 10.3. The number of amides is 2. The van der Waals surface area contributed by atoms with Crippen molar-refractivity contribution in [1.82, 2.24) is 19.7 Å². The Labute approximate surface area is 180 Å². The van der Waals surface area contributed by atoms with E-state index < -0.39 is 6.03 Å². The first-order valence-electron chi connectivity index (χ1n) is 10.2. The summed E-state index contributed by atoms with van der Waals surface area (Å²) in [7, 11) is 0. The Hall–Kier alpha value is -3.62. The summed E-state index contributed by atoms with van der Waals surface area (Å²) >= 11 is 0. The van der Waals surface area contributed by atoms with Gasteiger partial charge in [0.2, 0.25) is 5.95 Å². The van der Waals surface area contributed by atoms with Crippen LogP contribution in [0.15, 0.2) is 41.2 Å². The van der Waals surface area contributed by atoms with Crippen molar-refractivity contribution in [2.75, 3.05) is 17.2 Å². The van der Waals surface area contributed by atoms with E-state index in [-0.39, 0.29) is 16.9 Å². The maximum Gasteiger partial charge on any atom is 0.324 e. The lowest BCUT2D eigenvalue weighted by molar-refractivity contribution is 0.261. The molecular formula is C22H28N6O3. The Morgan fingerprint density at radius 1 is 1.16 bits per heavy atom. The highest BCUT2D eigenvalue weighted by molar-refractivity contribution is 6.00. The first-order valence-corrected chi connectivity index (χ1v) is 10.2. The number of nitrogens with zero attached hydrogens (tertiary/aromatic N) is 3. The minimum Gasteiger partial charge on any atom is -0.492 e. The molecule has 2 amide bonds. The molecule has 3 rings (SSSR count). The number of rotatable bonds is 6. The molecule has 9 nitrogen and oxygen atoms in total. The first kappa shape index (κ1) is 22.1. The predicted molar refractivity (Wildman–Crippen MR) is 120 cm³/mol. The second-order valence-electron chi connectivity index (χ2n) is 8.00. The van der Waals surface area contributed by atoms with Crippen LogP contribution in [0.1, 0.15) is 46.0 Å². The maximum atomic E-state index is 12.8. The largest absolute Gasteiger partial charge is 0.492 e. The molecule has 0 radical (unpaired) electrons. The average molecular weight is 425 g/mol. The first-order chi connectivity index (χ1) is 14.7. The molecule has 3 aromatic rings. The van der Waals surface area contributed by atoms with Gasteiger partial charge in [-0.1, -0.05) is 39.8 Å². The summed E-state index contributed by atoms with van der Waals surface area (Å²) in [5.41, 5.74) is 1.36. The third kappa shape index (κ3) is 5.30. The zero-order valence-electron chi connectivity index (χ0n) is 18.4. The van der Waals surface area contributed by atoms with Crippen LogP contribution in [0, 0.1) is 0 Å². The molecule has 2 heterocycles. The number of aryl methyl sites for hydroxylation is 1. The third-order valence-corrected chi connectivity index (χ3v) is 4.50. The Morgan fingerprint density at radius 2 is 1.90 bits per heavy atom. The molecule has 164 valence electrons. The van der Waals surface area contributed by atoms with Crippen LogP contribution >= 0.6 is 0 Å². The minimum absolute atomic E-state index is 0.241. The van der Waals surface area contributed by atoms with Gasteiger partial charge in [0, 0.05) is 23.2 Å². The maximum absolute atomic E-state index is 12.8. The molecule has 0 saturated heterocycles. The van der Waals surface area contributed by atoms with Gasteiger partial charge in [-0.15, -0.1) is 0 Å². The Balaban J connectivity index is 1.95. The van der Waals surface area contributed by atoms with E-state index in [9.17, 15) is 9.59 Å². The highest BCUT2D eigenvalue weighted by Gasteiger charge is 2.22. The van der Waals surface area contributed by atoms with Crippen LogP contribution in [0.4, 0.5) is 16.3 Å². The minimum atomic E-state index is -0.470. The van der Waals surface area contributed by atoms with E-state index >= 15 is 0 Å². The summed E-state index contributed by atoms with van der Waals surface area (Å²) in [5.74, 6) is 1.20. The number of ether oxygens (including phenoxy) is 1. The molecule has 0 spiro atoms. The molecule has 0 unspecified atom stereocenters. The van der Waals surface area contributed by atoms with E-state index in [1.165, 1.54) is 10.7 Å². The highest BCUT2D eigenvalue weighted by atomic mass is 16.5.